The van der Waals surface area contributed by atoms with Crippen molar-refractivity contribution in [2.24, 2.45) is 17.3 Å². The summed E-state index contributed by atoms with van der Waals surface area (Å²) in [5.41, 5.74) is -0.764. The molecule has 21 heavy (non-hydrogen) atoms. The molecule has 1 N–H and O–H groups in total. The lowest BCUT2D eigenvalue weighted by molar-refractivity contribution is -0.159. The quantitative estimate of drug-likeness (QED) is 0.808. The first-order valence-electron chi connectivity index (χ1n) is 7.88. The van der Waals surface area contributed by atoms with E-state index in [-0.39, 0.29) is 30.1 Å². The Morgan fingerprint density at radius 1 is 1.24 bits per heavy atom. The van der Waals surface area contributed by atoms with Crippen LogP contribution in [0.25, 0.3) is 0 Å². The van der Waals surface area contributed by atoms with Gasteiger partial charge in [0.1, 0.15) is 6.04 Å². The fourth-order valence-electron chi connectivity index (χ4n) is 3.57. The number of carbonyl (C=O) groups excluding carboxylic acids is 2. The maximum absolute atomic E-state index is 12.7. The molecule has 2 aliphatic rings. The Balaban J connectivity index is 2.30. The number of carboxylic acids is 1. The highest BCUT2D eigenvalue weighted by molar-refractivity contribution is 6.08. The van der Waals surface area contributed by atoms with Crippen molar-refractivity contribution in [1.29, 1.82) is 0 Å². The van der Waals surface area contributed by atoms with Crippen molar-refractivity contribution in [1.82, 2.24) is 4.90 Å². The molecular formula is C16H25NO4. The second-order valence-corrected chi connectivity index (χ2v) is 7.00. The van der Waals surface area contributed by atoms with Gasteiger partial charge in [-0.1, -0.05) is 33.1 Å². The minimum Gasteiger partial charge on any atom is -0.480 e. The molecular weight excluding hydrogens is 270 g/mol. The van der Waals surface area contributed by atoms with Crippen LogP contribution < -0.4 is 0 Å². The van der Waals surface area contributed by atoms with Gasteiger partial charge >= 0.3 is 5.97 Å². The second-order valence-electron chi connectivity index (χ2n) is 7.00. The van der Waals surface area contributed by atoms with Crippen LogP contribution >= 0.6 is 0 Å². The Kier molecular flexibility index (Phi) is 4.40. The van der Waals surface area contributed by atoms with Gasteiger partial charge in [0.05, 0.1) is 5.41 Å². The van der Waals surface area contributed by atoms with E-state index >= 15 is 0 Å². The van der Waals surface area contributed by atoms with Crippen LogP contribution in [0.1, 0.15) is 59.3 Å². The molecule has 5 heteroatoms. The number of rotatable bonds is 4. The standard InChI is InChI=1S/C16H25NO4/c1-10(2)16(3)9-12(18)17(15(16)21)13(14(19)20)11-7-5-4-6-8-11/h10-11,13H,4-9H2,1-3H3,(H,19,20). The molecule has 0 aromatic carbocycles. The first kappa shape index (κ1) is 16.0. The lowest BCUT2D eigenvalue weighted by atomic mass is 9.77. The Morgan fingerprint density at radius 2 is 1.81 bits per heavy atom. The van der Waals surface area contributed by atoms with Crippen LogP contribution in [-0.2, 0) is 14.4 Å². The zero-order valence-corrected chi connectivity index (χ0v) is 13.1. The molecule has 0 radical (unpaired) electrons. The van der Waals surface area contributed by atoms with E-state index in [0.717, 1.165) is 37.0 Å². The molecule has 2 rings (SSSR count). The lowest BCUT2D eigenvalue weighted by Gasteiger charge is -2.34. The van der Waals surface area contributed by atoms with E-state index in [1.807, 2.05) is 13.8 Å². The molecule has 2 fully saturated rings. The molecule has 2 unspecified atom stereocenters. The monoisotopic (exact) mass is 295 g/mol. The van der Waals surface area contributed by atoms with Gasteiger partial charge in [-0.3, -0.25) is 14.5 Å². The summed E-state index contributed by atoms with van der Waals surface area (Å²) in [6.07, 6.45) is 4.76. The van der Waals surface area contributed by atoms with E-state index in [4.69, 9.17) is 0 Å². The van der Waals surface area contributed by atoms with Crippen LogP contribution in [0.5, 0.6) is 0 Å². The molecule has 1 saturated carbocycles. The summed E-state index contributed by atoms with van der Waals surface area (Å²) in [6, 6.07) is -0.981. The third kappa shape index (κ3) is 2.70. The highest BCUT2D eigenvalue weighted by Crippen LogP contribution is 2.42. The number of imide groups is 1. The van der Waals surface area contributed by atoms with Gasteiger partial charge < -0.3 is 5.11 Å². The van der Waals surface area contributed by atoms with Gasteiger partial charge in [-0.2, -0.15) is 0 Å². The molecule has 2 amide bonds. The number of carbonyl (C=O) groups is 3. The summed E-state index contributed by atoms with van der Waals surface area (Å²) >= 11 is 0. The summed E-state index contributed by atoms with van der Waals surface area (Å²) in [6.45, 7) is 5.59. The van der Waals surface area contributed by atoms with E-state index in [0.29, 0.717) is 0 Å². The van der Waals surface area contributed by atoms with Crippen molar-refractivity contribution in [3.05, 3.63) is 0 Å². The van der Waals surface area contributed by atoms with Crippen molar-refractivity contribution >= 4 is 17.8 Å². The smallest absolute Gasteiger partial charge is 0.327 e. The van der Waals surface area contributed by atoms with Gasteiger partial charge in [-0.25, -0.2) is 4.79 Å². The Bertz CT molecular complexity index is 453. The van der Waals surface area contributed by atoms with Crippen LogP contribution in [0.15, 0.2) is 0 Å². The van der Waals surface area contributed by atoms with E-state index in [1.54, 1.807) is 6.92 Å². The predicted octanol–water partition coefficient (Wildman–Crippen LogP) is 2.44. The van der Waals surface area contributed by atoms with E-state index < -0.39 is 17.4 Å². The van der Waals surface area contributed by atoms with Crippen molar-refractivity contribution in [3.63, 3.8) is 0 Å². The molecule has 0 aromatic rings. The molecule has 1 heterocycles. The Hall–Kier alpha value is -1.39. The minimum absolute atomic E-state index is 0.0137. The largest absolute Gasteiger partial charge is 0.480 e. The van der Waals surface area contributed by atoms with Crippen molar-refractivity contribution in [2.75, 3.05) is 0 Å². The third-order valence-electron chi connectivity index (χ3n) is 5.40. The summed E-state index contributed by atoms with van der Waals surface area (Å²) in [5.74, 6) is -1.76. The number of hydrogen-bond acceptors (Lipinski definition) is 3. The molecule has 1 aliphatic carbocycles. The maximum atomic E-state index is 12.7. The molecule has 118 valence electrons. The number of carboxylic acid groups (broad SMARTS) is 1. The predicted molar refractivity (Wildman–Crippen MR) is 77.4 cm³/mol. The lowest BCUT2D eigenvalue weighted by Crippen LogP contribution is -2.51. The van der Waals surface area contributed by atoms with Crippen LogP contribution in [0, 0.1) is 17.3 Å². The van der Waals surface area contributed by atoms with Gasteiger partial charge in [0.25, 0.3) is 0 Å². The molecule has 5 nitrogen and oxygen atoms in total. The van der Waals surface area contributed by atoms with Crippen LogP contribution in [0.4, 0.5) is 0 Å². The third-order valence-corrected chi connectivity index (χ3v) is 5.40. The van der Waals surface area contributed by atoms with Crippen LogP contribution in [0.2, 0.25) is 0 Å². The second kappa shape index (κ2) is 5.78. The molecule has 0 bridgehead atoms. The number of hydrogen-bond donors (Lipinski definition) is 1. The van der Waals surface area contributed by atoms with Gasteiger partial charge in [0, 0.05) is 6.42 Å². The van der Waals surface area contributed by atoms with Gasteiger partial charge in [-0.05, 0) is 31.6 Å². The Morgan fingerprint density at radius 3 is 2.24 bits per heavy atom. The average molecular weight is 295 g/mol. The van der Waals surface area contributed by atoms with Crippen molar-refractivity contribution in [3.8, 4) is 0 Å². The number of likely N-dealkylation sites (tertiary alicyclic amines) is 1. The highest BCUT2D eigenvalue weighted by atomic mass is 16.4. The fraction of sp³-hybridized carbons (Fsp3) is 0.812. The maximum Gasteiger partial charge on any atom is 0.327 e. The van der Waals surface area contributed by atoms with Crippen molar-refractivity contribution in [2.45, 2.75) is 65.3 Å². The Labute approximate surface area is 125 Å². The highest BCUT2D eigenvalue weighted by Gasteiger charge is 2.54. The summed E-state index contributed by atoms with van der Waals surface area (Å²) in [5, 5.41) is 9.58. The van der Waals surface area contributed by atoms with Crippen LogP contribution in [-0.4, -0.2) is 33.8 Å². The zero-order valence-electron chi connectivity index (χ0n) is 13.1. The zero-order chi connectivity index (χ0) is 15.8. The van der Waals surface area contributed by atoms with Crippen molar-refractivity contribution < 1.29 is 19.5 Å². The summed E-state index contributed by atoms with van der Waals surface area (Å²) < 4.78 is 0. The van der Waals surface area contributed by atoms with E-state index in [2.05, 4.69) is 0 Å². The van der Waals surface area contributed by atoms with Gasteiger partial charge in [-0.15, -0.1) is 0 Å². The number of amides is 2. The molecule has 1 aliphatic heterocycles. The van der Waals surface area contributed by atoms with E-state index in [1.165, 1.54) is 0 Å². The minimum atomic E-state index is -1.04. The first-order chi connectivity index (χ1) is 9.79. The summed E-state index contributed by atoms with van der Waals surface area (Å²) in [7, 11) is 0. The number of nitrogens with zero attached hydrogens (tertiary/aromatic N) is 1. The first-order valence-corrected chi connectivity index (χ1v) is 7.88. The van der Waals surface area contributed by atoms with Gasteiger partial charge in [0.15, 0.2) is 0 Å². The molecule has 1 saturated heterocycles. The molecule has 2 atom stereocenters. The summed E-state index contributed by atoms with van der Waals surface area (Å²) in [4.78, 5) is 37.8. The van der Waals surface area contributed by atoms with Crippen LogP contribution in [0.3, 0.4) is 0 Å². The molecule has 0 spiro atoms. The average Bonchev–Trinajstić information content (AvgIpc) is 2.65. The fourth-order valence-corrected chi connectivity index (χ4v) is 3.57. The number of aliphatic carboxylic acids is 1. The SMILES string of the molecule is CC(C)C1(C)CC(=O)N(C(C(=O)O)C2CCCCC2)C1=O. The van der Waals surface area contributed by atoms with Gasteiger partial charge in [0.2, 0.25) is 11.8 Å². The van der Waals surface area contributed by atoms with E-state index in [9.17, 15) is 19.5 Å². The topological polar surface area (TPSA) is 74.7 Å². The molecule has 0 aromatic heterocycles. The normalized spacial score (nSPS) is 29.2.